The van der Waals surface area contributed by atoms with E-state index in [1.165, 1.54) is 5.56 Å². The predicted octanol–water partition coefficient (Wildman–Crippen LogP) is 3.37. The van der Waals surface area contributed by atoms with Gasteiger partial charge >= 0.3 is 0 Å². The minimum absolute atomic E-state index is 0.413. The SMILES string of the molecule is Cc1nn(-c2ccc(C(C)C)cc2)cc1CC#N. The van der Waals surface area contributed by atoms with Crippen molar-refractivity contribution in [1.82, 2.24) is 9.78 Å². The van der Waals surface area contributed by atoms with E-state index in [2.05, 4.69) is 49.3 Å². The zero-order chi connectivity index (χ0) is 13.1. The Hall–Kier alpha value is -2.08. The highest BCUT2D eigenvalue weighted by molar-refractivity contribution is 5.36. The Morgan fingerprint density at radius 3 is 2.50 bits per heavy atom. The van der Waals surface area contributed by atoms with E-state index in [0.717, 1.165) is 16.9 Å². The van der Waals surface area contributed by atoms with Gasteiger partial charge in [-0.3, -0.25) is 0 Å². The van der Waals surface area contributed by atoms with Gasteiger partial charge in [-0.25, -0.2) is 4.68 Å². The molecule has 0 radical (unpaired) electrons. The van der Waals surface area contributed by atoms with Gasteiger partial charge in [0.1, 0.15) is 0 Å². The van der Waals surface area contributed by atoms with E-state index in [9.17, 15) is 0 Å². The third kappa shape index (κ3) is 2.43. The molecule has 92 valence electrons. The van der Waals surface area contributed by atoms with Crippen LogP contribution in [0.3, 0.4) is 0 Å². The average Bonchev–Trinajstić information content (AvgIpc) is 2.72. The first kappa shape index (κ1) is 12.4. The highest BCUT2D eigenvalue weighted by Gasteiger charge is 2.06. The second-order valence-electron chi connectivity index (χ2n) is 4.77. The number of aryl methyl sites for hydroxylation is 1. The molecule has 0 aliphatic carbocycles. The van der Waals surface area contributed by atoms with Crippen molar-refractivity contribution in [2.75, 3.05) is 0 Å². The Morgan fingerprint density at radius 2 is 1.94 bits per heavy atom. The zero-order valence-corrected chi connectivity index (χ0v) is 11.0. The molecule has 0 saturated carbocycles. The summed E-state index contributed by atoms with van der Waals surface area (Å²) in [6, 6.07) is 10.5. The van der Waals surface area contributed by atoms with Crippen LogP contribution in [0.25, 0.3) is 5.69 Å². The number of hydrogen-bond donors (Lipinski definition) is 0. The van der Waals surface area contributed by atoms with Gasteiger partial charge in [0, 0.05) is 11.8 Å². The first-order valence-electron chi connectivity index (χ1n) is 6.14. The maximum absolute atomic E-state index is 8.73. The third-order valence-electron chi connectivity index (χ3n) is 3.09. The van der Waals surface area contributed by atoms with Crippen LogP contribution < -0.4 is 0 Å². The van der Waals surface area contributed by atoms with Gasteiger partial charge in [-0.1, -0.05) is 26.0 Å². The molecule has 3 heteroatoms. The highest BCUT2D eigenvalue weighted by atomic mass is 15.3. The number of aromatic nitrogens is 2. The Balaban J connectivity index is 2.31. The quantitative estimate of drug-likeness (QED) is 0.824. The lowest BCUT2D eigenvalue weighted by atomic mass is 10.0. The first-order valence-corrected chi connectivity index (χ1v) is 6.14. The largest absolute Gasteiger partial charge is 0.240 e. The van der Waals surface area contributed by atoms with Crippen LogP contribution in [0.2, 0.25) is 0 Å². The van der Waals surface area contributed by atoms with E-state index < -0.39 is 0 Å². The maximum atomic E-state index is 8.73. The predicted molar refractivity (Wildman–Crippen MR) is 71.7 cm³/mol. The van der Waals surface area contributed by atoms with Crippen molar-refractivity contribution in [3.05, 3.63) is 47.3 Å². The monoisotopic (exact) mass is 239 g/mol. The van der Waals surface area contributed by atoms with Gasteiger partial charge in [0.05, 0.1) is 23.9 Å². The van der Waals surface area contributed by atoms with E-state index >= 15 is 0 Å². The van der Waals surface area contributed by atoms with Gasteiger partial charge in [-0.2, -0.15) is 10.4 Å². The van der Waals surface area contributed by atoms with Crippen molar-refractivity contribution in [2.24, 2.45) is 0 Å². The molecule has 0 fully saturated rings. The summed E-state index contributed by atoms with van der Waals surface area (Å²) >= 11 is 0. The van der Waals surface area contributed by atoms with Crippen LogP contribution in [0, 0.1) is 18.3 Å². The maximum Gasteiger partial charge on any atom is 0.0671 e. The van der Waals surface area contributed by atoms with Crippen LogP contribution in [0.15, 0.2) is 30.5 Å². The summed E-state index contributed by atoms with van der Waals surface area (Å²) < 4.78 is 1.84. The Labute approximate surface area is 108 Å². The molecule has 0 saturated heterocycles. The minimum Gasteiger partial charge on any atom is -0.240 e. The lowest BCUT2D eigenvalue weighted by Crippen LogP contribution is -1.95. The van der Waals surface area contributed by atoms with Gasteiger partial charge in [-0.05, 0) is 30.5 Å². The molecule has 0 N–H and O–H groups in total. The molecule has 18 heavy (non-hydrogen) atoms. The molecule has 0 unspecified atom stereocenters. The zero-order valence-electron chi connectivity index (χ0n) is 11.0. The van der Waals surface area contributed by atoms with E-state index in [-0.39, 0.29) is 0 Å². The number of rotatable bonds is 3. The second kappa shape index (κ2) is 5.05. The molecule has 0 aliphatic rings. The molecule has 0 atom stereocenters. The van der Waals surface area contributed by atoms with Crippen molar-refractivity contribution >= 4 is 0 Å². The van der Waals surface area contributed by atoms with Gasteiger partial charge in [0.2, 0.25) is 0 Å². The molecule has 0 spiro atoms. The van der Waals surface area contributed by atoms with Crippen molar-refractivity contribution in [1.29, 1.82) is 5.26 Å². The summed E-state index contributed by atoms with van der Waals surface area (Å²) in [7, 11) is 0. The second-order valence-corrected chi connectivity index (χ2v) is 4.77. The Kier molecular flexibility index (Phi) is 3.47. The number of benzene rings is 1. The summed E-state index contributed by atoms with van der Waals surface area (Å²) in [5, 5.41) is 13.2. The van der Waals surface area contributed by atoms with Crippen molar-refractivity contribution < 1.29 is 0 Å². The lowest BCUT2D eigenvalue weighted by molar-refractivity contribution is 0.846. The fraction of sp³-hybridized carbons (Fsp3) is 0.333. The van der Waals surface area contributed by atoms with Crippen molar-refractivity contribution in [2.45, 2.75) is 33.1 Å². The molecule has 3 nitrogen and oxygen atoms in total. The summed E-state index contributed by atoms with van der Waals surface area (Å²) in [6.07, 6.45) is 2.35. The lowest BCUT2D eigenvalue weighted by Gasteiger charge is -2.06. The van der Waals surface area contributed by atoms with Gasteiger partial charge in [-0.15, -0.1) is 0 Å². The summed E-state index contributed by atoms with van der Waals surface area (Å²) in [5.74, 6) is 0.535. The third-order valence-corrected chi connectivity index (χ3v) is 3.09. The minimum atomic E-state index is 0.413. The number of hydrogen-bond acceptors (Lipinski definition) is 2. The molecule has 0 amide bonds. The topological polar surface area (TPSA) is 41.6 Å². The van der Waals surface area contributed by atoms with Crippen LogP contribution in [0.4, 0.5) is 0 Å². The van der Waals surface area contributed by atoms with Gasteiger partial charge < -0.3 is 0 Å². The highest BCUT2D eigenvalue weighted by Crippen LogP contribution is 2.17. The fourth-order valence-corrected chi connectivity index (χ4v) is 1.90. The van der Waals surface area contributed by atoms with E-state index in [0.29, 0.717) is 12.3 Å². The molecule has 1 aromatic heterocycles. The Bertz CT molecular complexity index is 571. The van der Waals surface area contributed by atoms with E-state index in [4.69, 9.17) is 5.26 Å². The molecule has 0 bridgehead atoms. The van der Waals surface area contributed by atoms with Crippen LogP contribution in [-0.4, -0.2) is 9.78 Å². The van der Waals surface area contributed by atoms with Gasteiger partial charge in [0.15, 0.2) is 0 Å². The molecular formula is C15H17N3. The van der Waals surface area contributed by atoms with Crippen LogP contribution in [0.5, 0.6) is 0 Å². The fourth-order valence-electron chi connectivity index (χ4n) is 1.90. The molecule has 2 rings (SSSR count). The molecule has 0 aliphatic heterocycles. The number of nitriles is 1. The molecular weight excluding hydrogens is 222 g/mol. The Morgan fingerprint density at radius 1 is 1.28 bits per heavy atom. The first-order chi connectivity index (χ1) is 8.61. The molecule has 1 aromatic carbocycles. The van der Waals surface area contributed by atoms with Crippen molar-refractivity contribution in [3.8, 4) is 11.8 Å². The van der Waals surface area contributed by atoms with Crippen molar-refractivity contribution in [3.63, 3.8) is 0 Å². The van der Waals surface area contributed by atoms with E-state index in [1.54, 1.807) is 0 Å². The van der Waals surface area contributed by atoms with Crippen LogP contribution in [0.1, 0.15) is 36.6 Å². The van der Waals surface area contributed by atoms with E-state index in [1.807, 2.05) is 17.8 Å². The van der Waals surface area contributed by atoms with Gasteiger partial charge in [0.25, 0.3) is 0 Å². The summed E-state index contributed by atoms with van der Waals surface area (Å²) in [5.41, 5.74) is 4.27. The van der Waals surface area contributed by atoms with Crippen LogP contribution >= 0.6 is 0 Å². The normalized spacial score (nSPS) is 10.6. The average molecular weight is 239 g/mol. The summed E-state index contributed by atoms with van der Waals surface area (Å²) in [4.78, 5) is 0. The van der Waals surface area contributed by atoms with Crippen LogP contribution in [-0.2, 0) is 6.42 Å². The molecule has 1 heterocycles. The smallest absolute Gasteiger partial charge is 0.0671 e. The standard InChI is InChI=1S/C15H17N3/c1-11(2)13-4-6-15(7-5-13)18-10-14(8-9-16)12(3)17-18/h4-7,10-11H,8H2,1-3H3. The number of nitrogens with zero attached hydrogens (tertiary/aromatic N) is 3. The summed E-state index contributed by atoms with van der Waals surface area (Å²) in [6.45, 7) is 6.29. The molecule has 2 aromatic rings.